The Morgan fingerprint density at radius 3 is 2.50 bits per heavy atom. The zero-order chi connectivity index (χ0) is 4.83. The summed E-state index contributed by atoms with van der Waals surface area (Å²) in [5.41, 5.74) is 0. The summed E-state index contributed by atoms with van der Waals surface area (Å²) >= 11 is 0. The van der Waals surface area contributed by atoms with Gasteiger partial charge in [-0.15, -0.1) is 0 Å². The molecule has 0 heterocycles. The van der Waals surface area contributed by atoms with Crippen LogP contribution in [0.25, 0.3) is 0 Å². The molecule has 0 aromatic heterocycles. The molecule has 0 amide bonds. The van der Waals surface area contributed by atoms with E-state index in [1.54, 1.807) is 0 Å². The lowest BCUT2D eigenvalue weighted by atomic mass is 10.1. The zero-order valence-corrected chi connectivity index (χ0v) is 4.11. The lowest BCUT2D eigenvalue weighted by Gasteiger charge is -1.91. The van der Waals surface area contributed by atoms with E-state index in [-0.39, 0.29) is 0 Å². The minimum Gasteiger partial charge on any atom is -0.383 e. The van der Waals surface area contributed by atoms with Gasteiger partial charge in [0.2, 0.25) is 0 Å². The van der Waals surface area contributed by atoms with Gasteiger partial charge in [0, 0.05) is 13.2 Å². The Hall–Kier alpha value is 0.0249. The van der Waals surface area contributed by atoms with Crippen molar-refractivity contribution in [3.63, 3.8) is 0 Å². The molecule has 0 fully saturated rings. The minimum atomic E-state index is 0.633. The summed E-state index contributed by atoms with van der Waals surface area (Å²) in [6.07, 6.45) is 0.633. The fourth-order valence-electron chi connectivity index (χ4n) is 0.228. The van der Waals surface area contributed by atoms with Crippen LogP contribution >= 0.6 is 0 Å². The van der Waals surface area contributed by atoms with Gasteiger partial charge in [-0.2, -0.15) is 0 Å². The Bertz CT molecular complexity index is 19.5. The van der Waals surface area contributed by atoms with Gasteiger partial charge in [-0.1, -0.05) is 6.32 Å². The van der Waals surface area contributed by atoms with Gasteiger partial charge < -0.3 is 4.74 Å². The molecule has 0 spiro atoms. The highest BCUT2D eigenvalue weighted by atomic mass is 16.5. The quantitative estimate of drug-likeness (QED) is 0.359. The van der Waals surface area contributed by atoms with E-state index in [0.717, 1.165) is 6.61 Å². The zero-order valence-electron chi connectivity index (χ0n) is 4.11. The highest BCUT2D eigenvalue weighted by Gasteiger charge is 1.72. The molecule has 0 saturated heterocycles. The van der Waals surface area contributed by atoms with Crippen molar-refractivity contribution < 1.29 is 4.74 Å². The van der Waals surface area contributed by atoms with Gasteiger partial charge in [0.1, 0.15) is 0 Å². The standard InChI is InChI=1S/C4H9BO/c1-2-6-4-3-5/h2-4H2,1H3. The average molecular weight is 83.9 g/mol. The van der Waals surface area contributed by atoms with Crippen molar-refractivity contribution in [2.45, 2.75) is 13.2 Å². The first-order valence-electron chi connectivity index (χ1n) is 2.19. The normalized spacial score (nSPS) is 8.83. The second kappa shape index (κ2) is 5.02. The fraction of sp³-hybridized carbons (Fsp3) is 1.00. The van der Waals surface area contributed by atoms with Gasteiger partial charge in [-0.25, -0.2) is 0 Å². The summed E-state index contributed by atoms with van der Waals surface area (Å²) in [7, 11) is 5.09. The van der Waals surface area contributed by atoms with E-state index in [4.69, 9.17) is 12.6 Å². The van der Waals surface area contributed by atoms with E-state index < -0.39 is 0 Å². The van der Waals surface area contributed by atoms with E-state index >= 15 is 0 Å². The van der Waals surface area contributed by atoms with Crippen molar-refractivity contribution in [3.05, 3.63) is 0 Å². The molecular formula is C4H9BO. The smallest absolute Gasteiger partial charge is 0.0684 e. The summed E-state index contributed by atoms with van der Waals surface area (Å²) in [5.74, 6) is 0. The molecule has 0 aromatic carbocycles. The van der Waals surface area contributed by atoms with Gasteiger partial charge in [0.15, 0.2) is 0 Å². The molecule has 0 N–H and O–H groups in total. The van der Waals surface area contributed by atoms with E-state index in [0.29, 0.717) is 12.9 Å². The number of ether oxygens (including phenoxy) is 1. The molecule has 6 heavy (non-hydrogen) atoms. The van der Waals surface area contributed by atoms with Crippen LogP contribution in [0.1, 0.15) is 6.92 Å². The van der Waals surface area contributed by atoms with E-state index in [9.17, 15) is 0 Å². The molecule has 0 atom stereocenters. The van der Waals surface area contributed by atoms with Crippen LogP contribution in [0.2, 0.25) is 6.32 Å². The maximum absolute atomic E-state index is 5.09. The third-order valence-electron chi connectivity index (χ3n) is 0.466. The average Bonchev–Trinajstić information content (AvgIpc) is 1.61. The molecule has 0 unspecified atom stereocenters. The van der Waals surface area contributed by atoms with Crippen LogP contribution in [0, 0.1) is 0 Å². The predicted molar refractivity (Wildman–Crippen MR) is 27.1 cm³/mol. The summed E-state index contributed by atoms with van der Waals surface area (Å²) in [4.78, 5) is 0. The summed E-state index contributed by atoms with van der Waals surface area (Å²) in [6.45, 7) is 3.42. The molecule has 0 aliphatic heterocycles. The first kappa shape index (κ1) is 6.02. The predicted octanol–water partition coefficient (Wildman–Crippen LogP) is 0.610. The van der Waals surface area contributed by atoms with Crippen molar-refractivity contribution >= 4 is 7.85 Å². The lowest BCUT2D eigenvalue weighted by molar-refractivity contribution is 0.162. The minimum absolute atomic E-state index is 0.633. The monoisotopic (exact) mass is 84.1 g/mol. The topological polar surface area (TPSA) is 9.23 Å². The summed E-state index contributed by atoms with van der Waals surface area (Å²) in [6, 6.07) is 0. The van der Waals surface area contributed by atoms with Crippen molar-refractivity contribution in [2.24, 2.45) is 0 Å². The Kier molecular flexibility index (Phi) is 5.05. The van der Waals surface area contributed by atoms with Crippen LogP contribution in [-0.4, -0.2) is 21.1 Å². The Morgan fingerprint density at radius 2 is 2.33 bits per heavy atom. The number of hydrogen-bond acceptors (Lipinski definition) is 1. The van der Waals surface area contributed by atoms with Crippen molar-refractivity contribution in [3.8, 4) is 0 Å². The molecule has 34 valence electrons. The Labute approximate surface area is 40.1 Å². The third kappa shape index (κ3) is 4.02. The van der Waals surface area contributed by atoms with Crippen LogP contribution in [0.3, 0.4) is 0 Å². The molecule has 0 aromatic rings. The van der Waals surface area contributed by atoms with Crippen molar-refractivity contribution in [1.82, 2.24) is 0 Å². The SMILES string of the molecule is [B]CCOCC. The first-order chi connectivity index (χ1) is 2.91. The maximum Gasteiger partial charge on any atom is 0.0684 e. The molecule has 2 heteroatoms. The van der Waals surface area contributed by atoms with Gasteiger partial charge in [0.05, 0.1) is 7.85 Å². The molecule has 0 aliphatic rings. The Morgan fingerprint density at radius 1 is 1.67 bits per heavy atom. The first-order valence-corrected chi connectivity index (χ1v) is 2.19. The van der Waals surface area contributed by atoms with E-state index in [2.05, 4.69) is 0 Å². The molecule has 0 saturated carbocycles. The van der Waals surface area contributed by atoms with Gasteiger partial charge in [-0.05, 0) is 6.92 Å². The summed E-state index contributed by atoms with van der Waals surface area (Å²) < 4.78 is 4.86. The van der Waals surface area contributed by atoms with Crippen LogP contribution in [0.5, 0.6) is 0 Å². The van der Waals surface area contributed by atoms with Crippen LogP contribution in [0.15, 0.2) is 0 Å². The fourth-order valence-corrected chi connectivity index (χ4v) is 0.228. The van der Waals surface area contributed by atoms with E-state index in [1.165, 1.54) is 0 Å². The molecule has 2 radical (unpaired) electrons. The number of rotatable bonds is 3. The Balaban J connectivity index is 2.34. The van der Waals surface area contributed by atoms with Crippen LogP contribution in [-0.2, 0) is 4.74 Å². The second-order valence-corrected chi connectivity index (χ2v) is 0.986. The van der Waals surface area contributed by atoms with Gasteiger partial charge in [0.25, 0.3) is 0 Å². The second-order valence-electron chi connectivity index (χ2n) is 0.986. The van der Waals surface area contributed by atoms with Gasteiger partial charge in [-0.3, -0.25) is 0 Å². The molecular weight excluding hydrogens is 74.9 g/mol. The number of hydrogen-bond donors (Lipinski definition) is 0. The van der Waals surface area contributed by atoms with Crippen molar-refractivity contribution in [2.75, 3.05) is 13.2 Å². The van der Waals surface area contributed by atoms with Crippen LogP contribution in [0.4, 0.5) is 0 Å². The molecule has 0 bridgehead atoms. The highest BCUT2D eigenvalue weighted by molar-refractivity contribution is 6.08. The lowest BCUT2D eigenvalue weighted by Crippen LogP contribution is -1.90. The van der Waals surface area contributed by atoms with Gasteiger partial charge >= 0.3 is 0 Å². The highest BCUT2D eigenvalue weighted by Crippen LogP contribution is 1.73. The van der Waals surface area contributed by atoms with Crippen molar-refractivity contribution in [1.29, 1.82) is 0 Å². The van der Waals surface area contributed by atoms with Crippen LogP contribution < -0.4 is 0 Å². The maximum atomic E-state index is 5.09. The third-order valence-corrected chi connectivity index (χ3v) is 0.466. The molecule has 0 aliphatic carbocycles. The molecule has 1 nitrogen and oxygen atoms in total. The van der Waals surface area contributed by atoms with E-state index in [1.807, 2.05) is 6.92 Å². The largest absolute Gasteiger partial charge is 0.383 e. The molecule has 0 rings (SSSR count). The summed E-state index contributed by atoms with van der Waals surface area (Å²) in [5, 5.41) is 0.